The highest BCUT2D eigenvalue weighted by Crippen LogP contribution is 2.27. The molecule has 1 N–H and O–H groups in total. The summed E-state index contributed by atoms with van der Waals surface area (Å²) in [5.41, 5.74) is 3.35. The molecule has 0 radical (unpaired) electrons. The van der Waals surface area contributed by atoms with Crippen LogP contribution in [-0.2, 0) is 13.0 Å². The zero-order chi connectivity index (χ0) is 17.9. The SMILES string of the molecule is CN(Cc1cccnc1)c1nc(-c2ccccc2)nc2c1CCNC2=O. The number of benzene rings is 1. The van der Waals surface area contributed by atoms with E-state index >= 15 is 0 Å². The van der Waals surface area contributed by atoms with Crippen molar-refractivity contribution in [3.63, 3.8) is 0 Å². The van der Waals surface area contributed by atoms with Crippen molar-refractivity contribution in [1.29, 1.82) is 0 Å². The fourth-order valence-electron chi connectivity index (χ4n) is 3.15. The normalized spacial score (nSPS) is 13.0. The van der Waals surface area contributed by atoms with Crippen LogP contribution in [0.15, 0.2) is 54.9 Å². The monoisotopic (exact) mass is 345 g/mol. The lowest BCUT2D eigenvalue weighted by molar-refractivity contribution is 0.0940. The molecule has 0 aliphatic carbocycles. The summed E-state index contributed by atoms with van der Waals surface area (Å²) in [6, 6.07) is 13.7. The van der Waals surface area contributed by atoms with Gasteiger partial charge < -0.3 is 10.2 Å². The van der Waals surface area contributed by atoms with E-state index in [1.165, 1.54) is 0 Å². The highest BCUT2D eigenvalue weighted by Gasteiger charge is 2.25. The van der Waals surface area contributed by atoms with Crippen LogP contribution in [0, 0.1) is 0 Å². The van der Waals surface area contributed by atoms with Crippen molar-refractivity contribution in [1.82, 2.24) is 20.3 Å². The first-order valence-corrected chi connectivity index (χ1v) is 8.57. The Kier molecular flexibility index (Phi) is 4.31. The van der Waals surface area contributed by atoms with E-state index < -0.39 is 0 Å². The van der Waals surface area contributed by atoms with Crippen molar-refractivity contribution in [2.24, 2.45) is 0 Å². The summed E-state index contributed by atoms with van der Waals surface area (Å²) in [5.74, 6) is 1.23. The van der Waals surface area contributed by atoms with E-state index in [0.29, 0.717) is 24.6 Å². The third-order valence-corrected chi connectivity index (χ3v) is 4.40. The summed E-state index contributed by atoms with van der Waals surface area (Å²) >= 11 is 0. The fourth-order valence-corrected chi connectivity index (χ4v) is 3.15. The van der Waals surface area contributed by atoms with Gasteiger partial charge in [-0.05, 0) is 18.1 Å². The number of fused-ring (bicyclic) bond motifs is 1. The lowest BCUT2D eigenvalue weighted by Gasteiger charge is -2.25. The lowest BCUT2D eigenvalue weighted by atomic mass is 10.0. The molecule has 0 saturated carbocycles. The Hall–Kier alpha value is -3.28. The maximum Gasteiger partial charge on any atom is 0.270 e. The topological polar surface area (TPSA) is 71.0 Å². The van der Waals surface area contributed by atoms with Gasteiger partial charge in [0.15, 0.2) is 5.82 Å². The molecule has 1 amide bonds. The van der Waals surface area contributed by atoms with Crippen molar-refractivity contribution < 1.29 is 4.79 Å². The summed E-state index contributed by atoms with van der Waals surface area (Å²) in [4.78, 5) is 28.0. The number of hydrogen-bond acceptors (Lipinski definition) is 5. The van der Waals surface area contributed by atoms with E-state index in [9.17, 15) is 4.79 Å². The second-order valence-corrected chi connectivity index (χ2v) is 6.29. The van der Waals surface area contributed by atoms with Gasteiger partial charge in [0.05, 0.1) is 0 Å². The molecule has 130 valence electrons. The third-order valence-electron chi connectivity index (χ3n) is 4.40. The number of carbonyl (C=O) groups excluding carboxylic acids is 1. The van der Waals surface area contributed by atoms with Crippen molar-refractivity contribution in [3.05, 3.63) is 71.7 Å². The Morgan fingerprint density at radius 1 is 1.12 bits per heavy atom. The second kappa shape index (κ2) is 6.92. The molecule has 1 aromatic carbocycles. The zero-order valence-electron chi connectivity index (χ0n) is 14.5. The molecule has 6 nitrogen and oxygen atoms in total. The first-order valence-electron chi connectivity index (χ1n) is 8.57. The largest absolute Gasteiger partial charge is 0.355 e. The molecule has 0 bridgehead atoms. The number of aromatic nitrogens is 3. The van der Waals surface area contributed by atoms with E-state index in [-0.39, 0.29) is 5.91 Å². The molecule has 0 saturated heterocycles. The summed E-state index contributed by atoms with van der Waals surface area (Å²) in [7, 11) is 1.98. The highest BCUT2D eigenvalue weighted by atomic mass is 16.1. The van der Waals surface area contributed by atoms with Crippen molar-refractivity contribution in [2.45, 2.75) is 13.0 Å². The van der Waals surface area contributed by atoms with Crippen LogP contribution >= 0.6 is 0 Å². The molecular weight excluding hydrogens is 326 g/mol. The Morgan fingerprint density at radius 3 is 2.73 bits per heavy atom. The molecule has 1 aliphatic heterocycles. The number of anilines is 1. The number of carbonyl (C=O) groups is 1. The van der Waals surface area contributed by atoms with Crippen LogP contribution in [0.25, 0.3) is 11.4 Å². The fraction of sp³-hybridized carbons (Fsp3) is 0.200. The minimum atomic E-state index is -0.137. The smallest absolute Gasteiger partial charge is 0.270 e. The van der Waals surface area contributed by atoms with Gasteiger partial charge in [-0.3, -0.25) is 9.78 Å². The van der Waals surface area contributed by atoms with Crippen LogP contribution in [0.5, 0.6) is 0 Å². The van der Waals surface area contributed by atoms with Gasteiger partial charge in [0.2, 0.25) is 0 Å². The van der Waals surface area contributed by atoms with Gasteiger partial charge in [-0.15, -0.1) is 0 Å². The van der Waals surface area contributed by atoms with E-state index in [2.05, 4.69) is 20.2 Å². The maximum absolute atomic E-state index is 12.4. The number of nitrogens with one attached hydrogen (secondary N) is 1. The molecule has 26 heavy (non-hydrogen) atoms. The molecule has 1 aliphatic rings. The summed E-state index contributed by atoms with van der Waals surface area (Å²) in [6.07, 6.45) is 4.33. The van der Waals surface area contributed by atoms with Crippen LogP contribution in [0.4, 0.5) is 5.82 Å². The molecule has 3 heterocycles. The van der Waals surface area contributed by atoms with Gasteiger partial charge in [0, 0.05) is 43.7 Å². The average molecular weight is 345 g/mol. The lowest BCUT2D eigenvalue weighted by Crippen LogP contribution is -2.35. The summed E-state index contributed by atoms with van der Waals surface area (Å²) < 4.78 is 0. The van der Waals surface area contributed by atoms with Crippen LogP contribution in [-0.4, -0.2) is 34.5 Å². The Morgan fingerprint density at radius 2 is 1.96 bits per heavy atom. The first kappa shape index (κ1) is 16.2. The predicted molar refractivity (Wildman–Crippen MR) is 99.8 cm³/mol. The second-order valence-electron chi connectivity index (χ2n) is 6.29. The number of amides is 1. The van der Waals surface area contributed by atoms with E-state index in [1.807, 2.05) is 55.7 Å². The molecule has 0 spiro atoms. The summed E-state index contributed by atoms with van der Waals surface area (Å²) in [6.45, 7) is 1.26. The molecular formula is C20H19N5O. The Bertz CT molecular complexity index is 928. The van der Waals surface area contributed by atoms with Gasteiger partial charge in [0.1, 0.15) is 11.5 Å². The number of nitrogens with zero attached hydrogens (tertiary/aromatic N) is 4. The summed E-state index contributed by atoms with van der Waals surface area (Å²) in [5, 5.41) is 2.88. The van der Waals surface area contributed by atoms with E-state index in [1.54, 1.807) is 6.20 Å². The van der Waals surface area contributed by atoms with Crippen molar-refractivity contribution in [3.8, 4) is 11.4 Å². The van der Waals surface area contributed by atoms with Crippen LogP contribution in [0.1, 0.15) is 21.6 Å². The van der Waals surface area contributed by atoms with Crippen LogP contribution in [0.3, 0.4) is 0 Å². The average Bonchev–Trinajstić information content (AvgIpc) is 2.69. The molecule has 0 atom stereocenters. The number of rotatable bonds is 4. The van der Waals surface area contributed by atoms with Gasteiger partial charge >= 0.3 is 0 Å². The molecule has 6 heteroatoms. The Labute approximate surface area is 151 Å². The van der Waals surface area contributed by atoms with Crippen molar-refractivity contribution in [2.75, 3.05) is 18.5 Å². The standard InChI is InChI=1S/C20H19N5O/c1-25(13-14-6-5-10-21-12-14)19-16-9-11-22-20(26)17(16)23-18(24-19)15-7-3-2-4-8-15/h2-8,10,12H,9,11,13H2,1H3,(H,22,26). The minimum Gasteiger partial charge on any atom is -0.355 e. The first-order chi connectivity index (χ1) is 12.7. The minimum absolute atomic E-state index is 0.137. The maximum atomic E-state index is 12.4. The van der Waals surface area contributed by atoms with Crippen LogP contribution in [0.2, 0.25) is 0 Å². The Balaban J connectivity index is 1.79. The molecule has 2 aromatic heterocycles. The van der Waals surface area contributed by atoms with Crippen LogP contribution < -0.4 is 10.2 Å². The molecule has 4 rings (SSSR count). The van der Waals surface area contributed by atoms with E-state index in [4.69, 9.17) is 4.98 Å². The van der Waals surface area contributed by atoms with Crippen molar-refractivity contribution >= 4 is 11.7 Å². The number of hydrogen-bond donors (Lipinski definition) is 1. The highest BCUT2D eigenvalue weighted by molar-refractivity contribution is 5.96. The zero-order valence-corrected chi connectivity index (χ0v) is 14.5. The molecule has 0 unspecified atom stereocenters. The molecule has 0 fully saturated rings. The predicted octanol–water partition coefficient (Wildman–Crippen LogP) is 2.46. The van der Waals surface area contributed by atoms with Gasteiger partial charge in [-0.25, -0.2) is 9.97 Å². The number of pyridine rings is 1. The third kappa shape index (κ3) is 3.13. The quantitative estimate of drug-likeness (QED) is 0.786. The van der Waals surface area contributed by atoms with Gasteiger partial charge in [-0.2, -0.15) is 0 Å². The molecule has 3 aromatic rings. The van der Waals surface area contributed by atoms with Gasteiger partial charge in [0.25, 0.3) is 5.91 Å². The van der Waals surface area contributed by atoms with Gasteiger partial charge in [-0.1, -0.05) is 36.4 Å². The van der Waals surface area contributed by atoms with E-state index in [0.717, 1.165) is 28.9 Å².